The van der Waals surface area contributed by atoms with E-state index in [1.807, 2.05) is 54.7 Å². The molecule has 0 amide bonds. The van der Waals surface area contributed by atoms with Crippen LogP contribution in [0.4, 0.5) is 0 Å². The molecule has 1 N–H and O–H groups in total. The van der Waals surface area contributed by atoms with Crippen LogP contribution >= 0.6 is 0 Å². The normalized spacial score (nSPS) is 14.0. The molecule has 0 bridgehead atoms. The van der Waals surface area contributed by atoms with E-state index in [4.69, 9.17) is 14.6 Å². The Morgan fingerprint density at radius 3 is 2.36 bits per heavy atom. The number of aromatic nitrogens is 2. The Bertz CT molecular complexity index is 1310. The molecule has 0 unspecified atom stereocenters. The van der Waals surface area contributed by atoms with Gasteiger partial charge in [-0.2, -0.15) is 0 Å². The molecule has 0 spiro atoms. The van der Waals surface area contributed by atoms with Crippen molar-refractivity contribution in [1.82, 2.24) is 9.55 Å². The standard InChI is InChI=1S/C30H28N2O4/c33-28(34)21-36-27-16-8-14-25-22(13-7-15-26(25)27)17-20-35-30-31-18-19-32(30)29(23-9-3-1-4-10-23)24-11-5-2-6-12-24/h1-6,8-12,14,16-19,29H,7,13,15,20-21H2,(H,33,34). The minimum Gasteiger partial charge on any atom is -0.482 e. The zero-order valence-corrected chi connectivity index (χ0v) is 19.9. The average Bonchev–Trinajstić information content (AvgIpc) is 3.37. The number of carbonyl (C=O) groups is 1. The van der Waals surface area contributed by atoms with E-state index in [-0.39, 0.29) is 12.6 Å². The van der Waals surface area contributed by atoms with Crippen LogP contribution in [0.5, 0.6) is 11.8 Å². The summed E-state index contributed by atoms with van der Waals surface area (Å²) < 4.78 is 13.8. The van der Waals surface area contributed by atoms with Gasteiger partial charge in [0.15, 0.2) is 6.61 Å². The van der Waals surface area contributed by atoms with Crippen LogP contribution in [0.15, 0.2) is 97.3 Å². The van der Waals surface area contributed by atoms with Crippen LogP contribution in [-0.4, -0.2) is 33.8 Å². The number of nitrogens with zero attached hydrogens (tertiary/aromatic N) is 2. The lowest BCUT2D eigenvalue weighted by atomic mass is 9.86. The van der Waals surface area contributed by atoms with E-state index in [9.17, 15) is 4.79 Å². The third-order valence-electron chi connectivity index (χ3n) is 6.39. The van der Waals surface area contributed by atoms with E-state index in [0.29, 0.717) is 18.4 Å². The lowest BCUT2D eigenvalue weighted by molar-refractivity contribution is -0.139. The molecule has 36 heavy (non-hydrogen) atoms. The number of carboxylic acids is 1. The number of carboxylic acid groups (broad SMARTS) is 1. The summed E-state index contributed by atoms with van der Waals surface area (Å²) in [5.41, 5.74) is 5.64. The number of allylic oxidation sites excluding steroid dienone is 1. The highest BCUT2D eigenvalue weighted by molar-refractivity contribution is 5.73. The highest BCUT2D eigenvalue weighted by Gasteiger charge is 2.21. The van der Waals surface area contributed by atoms with Gasteiger partial charge < -0.3 is 14.6 Å². The van der Waals surface area contributed by atoms with Crippen molar-refractivity contribution >= 4 is 11.5 Å². The number of rotatable bonds is 9. The van der Waals surface area contributed by atoms with E-state index in [0.717, 1.165) is 41.5 Å². The summed E-state index contributed by atoms with van der Waals surface area (Å²) in [6.07, 6.45) is 8.59. The average molecular weight is 481 g/mol. The summed E-state index contributed by atoms with van der Waals surface area (Å²) in [5.74, 6) is -0.335. The molecule has 6 heteroatoms. The molecule has 5 rings (SSSR count). The molecule has 0 saturated heterocycles. The molecule has 6 nitrogen and oxygen atoms in total. The maximum absolute atomic E-state index is 11.0. The Kier molecular flexibility index (Phi) is 7.12. The summed E-state index contributed by atoms with van der Waals surface area (Å²) in [5, 5.41) is 8.98. The molecule has 1 heterocycles. The van der Waals surface area contributed by atoms with Crippen molar-refractivity contribution in [1.29, 1.82) is 0 Å². The Balaban J connectivity index is 1.38. The molecule has 0 saturated carbocycles. The van der Waals surface area contributed by atoms with Gasteiger partial charge in [0.25, 0.3) is 6.01 Å². The fraction of sp³-hybridized carbons (Fsp3) is 0.200. The molecule has 1 aliphatic carbocycles. The van der Waals surface area contributed by atoms with Crippen LogP contribution in [0, 0.1) is 0 Å². The Morgan fingerprint density at radius 2 is 1.67 bits per heavy atom. The van der Waals surface area contributed by atoms with Crippen LogP contribution in [0.25, 0.3) is 5.57 Å². The fourth-order valence-corrected chi connectivity index (χ4v) is 4.81. The SMILES string of the molecule is O=C(O)COc1cccc2c1CCCC2=CCOc1nccn1C(c1ccccc1)c1ccccc1. The van der Waals surface area contributed by atoms with Crippen LogP contribution in [0.3, 0.4) is 0 Å². The summed E-state index contributed by atoms with van der Waals surface area (Å²) in [7, 11) is 0. The van der Waals surface area contributed by atoms with E-state index in [1.54, 1.807) is 6.20 Å². The zero-order valence-electron chi connectivity index (χ0n) is 19.9. The predicted molar refractivity (Wildman–Crippen MR) is 138 cm³/mol. The first-order valence-corrected chi connectivity index (χ1v) is 12.1. The number of imidazole rings is 1. The van der Waals surface area contributed by atoms with Gasteiger partial charge in [-0.3, -0.25) is 4.57 Å². The number of hydrogen-bond donors (Lipinski definition) is 1. The van der Waals surface area contributed by atoms with Gasteiger partial charge in [-0.15, -0.1) is 0 Å². The largest absolute Gasteiger partial charge is 0.482 e. The van der Waals surface area contributed by atoms with Crippen molar-refractivity contribution in [3.05, 3.63) is 120 Å². The molecule has 0 atom stereocenters. The van der Waals surface area contributed by atoms with Crippen molar-refractivity contribution in [3.63, 3.8) is 0 Å². The first-order valence-electron chi connectivity index (χ1n) is 12.1. The Morgan fingerprint density at radius 1 is 0.944 bits per heavy atom. The van der Waals surface area contributed by atoms with Crippen molar-refractivity contribution in [2.75, 3.05) is 13.2 Å². The number of hydrogen-bond acceptors (Lipinski definition) is 4. The van der Waals surface area contributed by atoms with Crippen molar-refractivity contribution in [3.8, 4) is 11.8 Å². The third-order valence-corrected chi connectivity index (χ3v) is 6.39. The minimum atomic E-state index is -0.979. The lowest BCUT2D eigenvalue weighted by Gasteiger charge is -2.23. The van der Waals surface area contributed by atoms with E-state index >= 15 is 0 Å². The first-order chi connectivity index (χ1) is 17.7. The highest BCUT2D eigenvalue weighted by Crippen LogP contribution is 2.36. The number of ether oxygens (including phenoxy) is 2. The maximum atomic E-state index is 11.0. The van der Waals surface area contributed by atoms with Gasteiger partial charge in [0.1, 0.15) is 12.4 Å². The molecular formula is C30H28N2O4. The molecule has 1 aliphatic rings. The third kappa shape index (κ3) is 5.18. The number of fused-ring (bicyclic) bond motifs is 1. The maximum Gasteiger partial charge on any atom is 0.341 e. The highest BCUT2D eigenvalue weighted by atomic mass is 16.5. The van der Waals surface area contributed by atoms with Crippen molar-refractivity contribution < 1.29 is 19.4 Å². The Hall–Kier alpha value is -4.32. The summed E-state index contributed by atoms with van der Waals surface area (Å²) in [6, 6.07) is 27.0. The minimum absolute atomic E-state index is 0.0538. The summed E-state index contributed by atoms with van der Waals surface area (Å²) in [6.45, 7) is 0.0353. The van der Waals surface area contributed by atoms with Crippen LogP contribution < -0.4 is 9.47 Å². The molecular weight excluding hydrogens is 452 g/mol. The summed E-state index contributed by atoms with van der Waals surface area (Å²) in [4.78, 5) is 15.5. The zero-order chi connectivity index (χ0) is 24.7. The van der Waals surface area contributed by atoms with Gasteiger partial charge in [-0.1, -0.05) is 72.8 Å². The van der Waals surface area contributed by atoms with Gasteiger partial charge in [-0.05, 0) is 53.7 Å². The van der Waals surface area contributed by atoms with Crippen LogP contribution in [0.1, 0.15) is 41.1 Å². The van der Waals surface area contributed by atoms with Gasteiger partial charge in [0.05, 0.1) is 6.04 Å². The van der Waals surface area contributed by atoms with Gasteiger partial charge in [0.2, 0.25) is 0 Å². The van der Waals surface area contributed by atoms with Crippen LogP contribution in [0.2, 0.25) is 0 Å². The predicted octanol–water partition coefficient (Wildman–Crippen LogP) is 5.78. The lowest BCUT2D eigenvalue weighted by Crippen LogP contribution is -2.14. The number of benzene rings is 3. The number of aliphatic carboxylic acids is 1. The smallest absolute Gasteiger partial charge is 0.341 e. The van der Waals surface area contributed by atoms with Crippen molar-refractivity contribution in [2.45, 2.75) is 25.3 Å². The Labute approximate surface area is 210 Å². The van der Waals surface area contributed by atoms with E-state index in [1.165, 1.54) is 5.57 Å². The second kappa shape index (κ2) is 11.0. The van der Waals surface area contributed by atoms with Gasteiger partial charge in [-0.25, -0.2) is 9.78 Å². The summed E-state index contributed by atoms with van der Waals surface area (Å²) >= 11 is 0. The molecule has 0 radical (unpaired) electrons. The first kappa shape index (κ1) is 23.4. The molecule has 182 valence electrons. The molecule has 3 aromatic carbocycles. The molecule has 1 aromatic heterocycles. The second-order valence-electron chi connectivity index (χ2n) is 8.70. The molecule has 4 aromatic rings. The molecule has 0 fully saturated rings. The fourth-order valence-electron chi connectivity index (χ4n) is 4.81. The monoisotopic (exact) mass is 480 g/mol. The van der Waals surface area contributed by atoms with E-state index in [2.05, 4.69) is 46.0 Å². The van der Waals surface area contributed by atoms with Crippen molar-refractivity contribution in [2.24, 2.45) is 0 Å². The van der Waals surface area contributed by atoms with Gasteiger partial charge >= 0.3 is 5.97 Å². The molecule has 0 aliphatic heterocycles. The van der Waals surface area contributed by atoms with Crippen LogP contribution in [-0.2, 0) is 11.2 Å². The van der Waals surface area contributed by atoms with E-state index < -0.39 is 5.97 Å². The van der Waals surface area contributed by atoms with Gasteiger partial charge in [0, 0.05) is 18.0 Å². The quantitative estimate of drug-likeness (QED) is 0.329. The second-order valence-corrected chi connectivity index (χ2v) is 8.70. The topological polar surface area (TPSA) is 73.6 Å².